The molecule has 1 N–H and O–H groups in total. The van der Waals surface area contributed by atoms with Crippen molar-refractivity contribution in [3.05, 3.63) is 71.0 Å². The van der Waals surface area contributed by atoms with Crippen molar-refractivity contribution in [1.29, 1.82) is 0 Å². The second-order valence-corrected chi connectivity index (χ2v) is 11.6. The first-order valence-corrected chi connectivity index (χ1v) is 13.9. The van der Waals surface area contributed by atoms with Crippen LogP contribution in [0, 0.1) is 5.82 Å². The molecular weight excluding hydrogens is 495 g/mol. The van der Waals surface area contributed by atoms with Crippen molar-refractivity contribution in [2.45, 2.75) is 39.2 Å². The number of amides is 1. The molecule has 1 aromatic heterocycles. The van der Waals surface area contributed by atoms with E-state index in [4.69, 9.17) is 9.72 Å². The summed E-state index contributed by atoms with van der Waals surface area (Å²) in [6.45, 7) is 9.03. The molecule has 0 aliphatic carbocycles. The van der Waals surface area contributed by atoms with Crippen molar-refractivity contribution < 1.29 is 13.9 Å². The molecule has 1 aliphatic heterocycles. The molecule has 0 saturated carbocycles. The minimum atomic E-state index is -0.609. The molecule has 1 saturated heterocycles. The second kappa shape index (κ2) is 11.4. The third-order valence-corrected chi connectivity index (χ3v) is 7.35. The molecule has 9 heteroatoms. The van der Waals surface area contributed by atoms with E-state index < -0.39 is 11.7 Å². The van der Waals surface area contributed by atoms with Crippen LogP contribution < -0.4 is 5.32 Å². The molecule has 3 aromatic rings. The number of carbonyl (C=O) groups is 1. The standard InChI is InChI=1S/C27H31FN4O2S2/c1-18(20-10-11-21(22(28)16-20)19-8-6-5-7-9-19)23-17-36-25(29-23)30-24(32-12-14-35-15-13-32)31-26(33)34-27(2,3)4/h5-11,16-18H,12-15H2,1-4H3,(H,29,30,31,33). The number of hydrogen-bond acceptors (Lipinski definition) is 6. The molecule has 2 heterocycles. The Morgan fingerprint density at radius 1 is 1.17 bits per heavy atom. The first kappa shape index (κ1) is 26.2. The number of alkyl carbamates (subject to hydrolysis) is 1. The molecule has 190 valence electrons. The number of nitrogens with zero attached hydrogens (tertiary/aromatic N) is 3. The Hall–Kier alpha value is -2.91. The van der Waals surface area contributed by atoms with Crippen LogP contribution in [0.3, 0.4) is 0 Å². The molecule has 1 atom stereocenters. The maximum Gasteiger partial charge on any atom is 0.414 e. The first-order valence-electron chi connectivity index (χ1n) is 11.9. The van der Waals surface area contributed by atoms with Crippen LogP contribution in [0.15, 0.2) is 58.9 Å². The molecule has 4 rings (SSSR count). The number of benzene rings is 2. The lowest BCUT2D eigenvalue weighted by atomic mass is 9.95. The highest BCUT2D eigenvalue weighted by Gasteiger charge is 2.23. The lowest BCUT2D eigenvalue weighted by Gasteiger charge is -2.29. The quantitative estimate of drug-likeness (QED) is 0.304. The molecule has 0 spiro atoms. The van der Waals surface area contributed by atoms with E-state index in [1.807, 2.05) is 92.2 Å². The second-order valence-electron chi connectivity index (χ2n) is 9.54. The van der Waals surface area contributed by atoms with Crippen molar-refractivity contribution >= 4 is 40.3 Å². The van der Waals surface area contributed by atoms with Crippen LogP contribution in [0.4, 0.5) is 14.3 Å². The maximum atomic E-state index is 14.9. The average molecular weight is 527 g/mol. The van der Waals surface area contributed by atoms with Gasteiger partial charge in [-0.15, -0.1) is 11.3 Å². The van der Waals surface area contributed by atoms with Crippen molar-refractivity contribution in [2.24, 2.45) is 4.99 Å². The summed E-state index contributed by atoms with van der Waals surface area (Å²) in [4.78, 5) is 23.9. The van der Waals surface area contributed by atoms with Crippen molar-refractivity contribution in [1.82, 2.24) is 15.2 Å². The summed E-state index contributed by atoms with van der Waals surface area (Å²) in [5.41, 5.74) is 2.46. The number of hydrogen-bond donors (Lipinski definition) is 1. The molecule has 2 aromatic carbocycles. The van der Waals surface area contributed by atoms with Gasteiger partial charge in [-0.2, -0.15) is 16.8 Å². The zero-order valence-corrected chi connectivity index (χ0v) is 22.6. The minimum Gasteiger partial charge on any atom is -0.444 e. The highest BCUT2D eigenvalue weighted by molar-refractivity contribution is 7.99. The summed E-state index contributed by atoms with van der Waals surface area (Å²) < 4.78 is 20.4. The van der Waals surface area contributed by atoms with Crippen molar-refractivity contribution in [2.75, 3.05) is 24.6 Å². The zero-order chi connectivity index (χ0) is 25.7. The van der Waals surface area contributed by atoms with E-state index in [0.29, 0.717) is 16.7 Å². The van der Waals surface area contributed by atoms with E-state index in [-0.39, 0.29) is 11.7 Å². The number of aliphatic imine (C=N–C) groups is 1. The van der Waals surface area contributed by atoms with E-state index in [1.54, 1.807) is 6.07 Å². The van der Waals surface area contributed by atoms with E-state index in [0.717, 1.165) is 41.4 Å². The van der Waals surface area contributed by atoms with E-state index >= 15 is 0 Å². The van der Waals surface area contributed by atoms with Crippen LogP contribution in [-0.4, -0.2) is 52.1 Å². The van der Waals surface area contributed by atoms with Gasteiger partial charge in [-0.1, -0.05) is 49.4 Å². The highest BCUT2D eigenvalue weighted by atomic mass is 32.2. The van der Waals surface area contributed by atoms with Gasteiger partial charge in [0.15, 0.2) is 0 Å². The van der Waals surface area contributed by atoms with E-state index in [1.165, 1.54) is 11.3 Å². The molecule has 6 nitrogen and oxygen atoms in total. The van der Waals surface area contributed by atoms with Crippen LogP contribution in [-0.2, 0) is 4.74 Å². The number of thiazole rings is 1. The number of nitrogens with one attached hydrogen (secondary N) is 1. The summed E-state index contributed by atoms with van der Waals surface area (Å²) in [6, 6.07) is 14.9. The van der Waals surface area contributed by atoms with Crippen molar-refractivity contribution in [3.63, 3.8) is 0 Å². The number of guanidine groups is 1. The Kier molecular flexibility index (Phi) is 8.31. The normalized spacial score (nSPS) is 15.5. The van der Waals surface area contributed by atoms with E-state index in [9.17, 15) is 9.18 Å². The van der Waals surface area contributed by atoms with E-state index in [2.05, 4.69) is 10.3 Å². The maximum absolute atomic E-state index is 14.9. The number of ether oxygens (including phenoxy) is 1. The van der Waals surface area contributed by atoms with Crippen LogP contribution in [0.2, 0.25) is 0 Å². The number of carbonyl (C=O) groups excluding carboxylic acids is 1. The molecule has 1 amide bonds. The fourth-order valence-corrected chi connectivity index (χ4v) is 5.47. The van der Waals surface area contributed by atoms with Crippen LogP contribution >= 0.6 is 23.1 Å². The summed E-state index contributed by atoms with van der Waals surface area (Å²) >= 11 is 3.27. The molecule has 0 bridgehead atoms. The van der Waals surface area contributed by atoms with Gasteiger partial charge in [-0.3, -0.25) is 5.32 Å². The zero-order valence-electron chi connectivity index (χ0n) is 21.0. The smallest absolute Gasteiger partial charge is 0.414 e. The van der Waals surface area contributed by atoms with Gasteiger partial charge in [0.1, 0.15) is 11.4 Å². The fourth-order valence-electron chi connectivity index (χ4n) is 3.79. The van der Waals surface area contributed by atoms with Crippen LogP contribution in [0.25, 0.3) is 11.1 Å². The minimum absolute atomic E-state index is 0.113. The SMILES string of the molecule is CC(c1ccc(-c2ccccc2)c(F)c1)c1csc(N=C(NC(=O)OC(C)(C)C)N2CCSCC2)n1. The summed E-state index contributed by atoms with van der Waals surface area (Å²) in [7, 11) is 0. The Morgan fingerprint density at radius 2 is 1.89 bits per heavy atom. The van der Waals surface area contributed by atoms with Gasteiger partial charge in [-0.05, 0) is 38.0 Å². The van der Waals surface area contributed by atoms with Gasteiger partial charge in [0.2, 0.25) is 11.1 Å². The third-order valence-electron chi connectivity index (χ3n) is 5.66. The monoisotopic (exact) mass is 526 g/mol. The predicted octanol–water partition coefficient (Wildman–Crippen LogP) is 6.66. The Morgan fingerprint density at radius 3 is 2.56 bits per heavy atom. The summed E-state index contributed by atoms with van der Waals surface area (Å²) in [5.74, 6) is 1.99. The molecule has 36 heavy (non-hydrogen) atoms. The van der Waals surface area contributed by atoms with Crippen molar-refractivity contribution in [3.8, 4) is 11.1 Å². The van der Waals surface area contributed by atoms with Gasteiger partial charge in [0.25, 0.3) is 0 Å². The molecular formula is C27H31FN4O2S2. The number of halogens is 1. The fraction of sp³-hybridized carbons (Fsp3) is 0.370. The summed E-state index contributed by atoms with van der Waals surface area (Å²) in [6.07, 6.45) is -0.543. The van der Waals surface area contributed by atoms with Crippen LogP contribution in [0.5, 0.6) is 0 Å². The average Bonchev–Trinajstić information content (AvgIpc) is 3.31. The topological polar surface area (TPSA) is 66.8 Å². The van der Waals surface area contributed by atoms with Gasteiger partial charge >= 0.3 is 6.09 Å². The number of rotatable bonds is 4. The largest absolute Gasteiger partial charge is 0.444 e. The van der Waals surface area contributed by atoms with Gasteiger partial charge in [-0.25, -0.2) is 14.2 Å². The Bertz CT molecular complexity index is 1220. The number of aromatic nitrogens is 1. The van der Waals surface area contributed by atoms with Crippen LogP contribution in [0.1, 0.15) is 44.9 Å². The number of thioether (sulfide) groups is 1. The first-order chi connectivity index (χ1) is 17.2. The predicted molar refractivity (Wildman–Crippen MR) is 147 cm³/mol. The van der Waals surface area contributed by atoms with Gasteiger partial charge in [0, 0.05) is 41.5 Å². The molecule has 1 aliphatic rings. The summed E-state index contributed by atoms with van der Waals surface area (Å²) in [5, 5.41) is 5.28. The highest BCUT2D eigenvalue weighted by Crippen LogP contribution is 2.32. The lowest BCUT2D eigenvalue weighted by Crippen LogP contribution is -2.48. The van der Waals surface area contributed by atoms with Gasteiger partial charge in [0.05, 0.1) is 5.69 Å². The Labute approximate surface area is 220 Å². The molecule has 1 fully saturated rings. The Balaban J connectivity index is 1.54. The third kappa shape index (κ3) is 6.85. The van der Waals surface area contributed by atoms with Gasteiger partial charge < -0.3 is 9.64 Å². The molecule has 1 unspecified atom stereocenters. The lowest BCUT2D eigenvalue weighted by molar-refractivity contribution is 0.0557. The molecule has 0 radical (unpaired) electrons.